The van der Waals surface area contributed by atoms with Gasteiger partial charge in [-0.2, -0.15) is 19.6 Å². The van der Waals surface area contributed by atoms with Crippen molar-refractivity contribution in [2.24, 2.45) is 5.41 Å². The fraction of sp³-hybridized carbons (Fsp3) is 0.250. The van der Waals surface area contributed by atoms with Crippen molar-refractivity contribution in [2.75, 3.05) is 57.6 Å². The van der Waals surface area contributed by atoms with Crippen molar-refractivity contribution in [3.05, 3.63) is 202 Å². The summed E-state index contributed by atoms with van der Waals surface area (Å²) in [7, 11) is 5.55. The lowest BCUT2D eigenvalue weighted by Gasteiger charge is -2.32. The zero-order chi connectivity index (χ0) is 56.7. The normalized spacial score (nSPS) is 12.9. The number of piperazine rings is 1. The van der Waals surface area contributed by atoms with Crippen LogP contribution < -0.4 is 26.1 Å². The van der Waals surface area contributed by atoms with Crippen molar-refractivity contribution in [1.82, 2.24) is 38.5 Å². The monoisotopic (exact) mass is 1150 g/mol. The first-order chi connectivity index (χ1) is 38.4. The molecule has 0 saturated carbocycles. The fourth-order valence-electron chi connectivity index (χ4n) is 8.99. The van der Waals surface area contributed by atoms with Crippen LogP contribution in [0.1, 0.15) is 56.0 Å². The Labute approximate surface area is 481 Å². The Bertz CT molecular complexity index is 3760. The second kappa shape index (κ2) is 25.2. The molecule has 7 heterocycles. The Morgan fingerprint density at radius 3 is 1.93 bits per heavy atom. The lowest BCUT2D eigenvalue weighted by molar-refractivity contribution is 0.0750. The molecule has 1 aliphatic heterocycles. The van der Waals surface area contributed by atoms with E-state index in [0.717, 1.165) is 41.5 Å². The highest BCUT2D eigenvalue weighted by Crippen LogP contribution is 2.39. The van der Waals surface area contributed by atoms with Crippen LogP contribution in [0, 0.1) is 5.41 Å². The van der Waals surface area contributed by atoms with Crippen molar-refractivity contribution in [2.45, 2.75) is 47.1 Å². The maximum atomic E-state index is 13.9. The van der Waals surface area contributed by atoms with Gasteiger partial charge < -0.3 is 29.0 Å². The number of hydrogen-bond acceptors (Lipinski definition) is 14. The maximum Gasteiger partial charge on any atom is 0.280 e. The molecule has 412 valence electrons. The molecule has 0 bridgehead atoms. The van der Waals surface area contributed by atoms with Gasteiger partial charge in [0.1, 0.15) is 11.5 Å². The minimum Gasteiger partial charge on any atom is -0.491 e. The number of hydrogen-bond donors (Lipinski definition) is 1. The van der Waals surface area contributed by atoms with Gasteiger partial charge in [-0.25, -0.2) is 0 Å². The third kappa shape index (κ3) is 13.5. The summed E-state index contributed by atoms with van der Waals surface area (Å²) < 4.78 is 13.2. The maximum absolute atomic E-state index is 13.9. The molecule has 0 spiro atoms. The highest BCUT2D eigenvalue weighted by atomic mass is 35.5. The number of aromatic nitrogens is 6. The van der Waals surface area contributed by atoms with Crippen molar-refractivity contribution in [3.63, 3.8) is 0 Å². The molecule has 0 unspecified atom stereocenters. The average molecular weight is 1150 g/mol. The molecule has 6 aromatic heterocycles. The number of Topliss-reactive ketones (excluding diaryl/α,β-unsaturated/α-hetero) is 1. The minimum atomic E-state index is -0.661. The molecule has 1 fully saturated rings. The number of rotatable bonds is 16. The van der Waals surface area contributed by atoms with Crippen LogP contribution in [-0.2, 0) is 26.3 Å². The third-order valence-corrected chi connectivity index (χ3v) is 15.8. The second-order valence-corrected chi connectivity index (χ2v) is 23.9. The number of methoxy groups -OCH3 is 1. The Morgan fingerprint density at radius 2 is 1.31 bits per heavy atom. The smallest absolute Gasteiger partial charge is 0.280 e. The third-order valence-electron chi connectivity index (χ3n) is 13.3. The number of halogens is 2. The van der Waals surface area contributed by atoms with E-state index in [0.29, 0.717) is 85.0 Å². The first-order valence-corrected chi connectivity index (χ1v) is 28.2. The summed E-state index contributed by atoms with van der Waals surface area (Å²) in [5.41, 5.74) is 3.60. The van der Waals surface area contributed by atoms with E-state index in [9.17, 15) is 24.0 Å². The largest absolute Gasteiger partial charge is 0.491 e. The van der Waals surface area contributed by atoms with Crippen LogP contribution in [0.2, 0.25) is 8.67 Å². The van der Waals surface area contributed by atoms with Crippen molar-refractivity contribution < 1.29 is 19.1 Å². The van der Waals surface area contributed by atoms with E-state index in [1.807, 2.05) is 130 Å². The molecule has 3 aromatic carbocycles. The summed E-state index contributed by atoms with van der Waals surface area (Å²) in [6, 6.07) is 41.8. The molecule has 1 N–H and O–H groups in total. The van der Waals surface area contributed by atoms with Gasteiger partial charge in [0.15, 0.2) is 17.4 Å². The van der Waals surface area contributed by atoms with Gasteiger partial charge in [0.05, 0.1) is 47.8 Å². The predicted molar refractivity (Wildman–Crippen MR) is 320 cm³/mol. The van der Waals surface area contributed by atoms with Gasteiger partial charge in [0, 0.05) is 101 Å². The van der Waals surface area contributed by atoms with E-state index in [1.54, 1.807) is 60.3 Å². The summed E-state index contributed by atoms with van der Waals surface area (Å²) in [4.78, 5) is 74.7. The van der Waals surface area contributed by atoms with E-state index in [1.165, 1.54) is 42.7 Å². The number of anilines is 2. The Morgan fingerprint density at radius 1 is 0.700 bits per heavy atom. The molecule has 0 radical (unpaired) electrons. The van der Waals surface area contributed by atoms with Gasteiger partial charge in [-0.1, -0.05) is 123 Å². The summed E-state index contributed by atoms with van der Waals surface area (Å²) in [6.45, 7) is 10.4. The first-order valence-electron chi connectivity index (χ1n) is 25.8. The Hall–Kier alpha value is -7.71. The number of nitrogens with zero attached hydrogens (tertiary/aromatic N) is 9. The van der Waals surface area contributed by atoms with Crippen LogP contribution >= 0.6 is 45.9 Å². The standard InChI is InChI=1S/C33H33ClN6O3S.C27H27ClN4O3S/c1-37-15-17-38(18-16-37)22-39-21-25(19-27(33(39)42)23-9-5-3-6-10-23)29-30(43-2)31(35-20-26-13-14-28(34)44-26)40(36-29)32(41)24-11-7-4-8-12-24;1-27(2,3)26(35)32-24(30(4)16-20-11-12-23(28)36-20)14-21(29-32)19-10-13-25(34)31(15-19)17-22(33)18-8-6-5-7-9-18/h3-14,19,21,35H,15-18,20,22H2,1-2H3;5-15H,16-17H2,1-4H3. The summed E-state index contributed by atoms with van der Waals surface area (Å²) >= 11 is 15.2. The molecule has 0 amide bonds. The van der Waals surface area contributed by atoms with Gasteiger partial charge >= 0.3 is 0 Å². The molecule has 10 rings (SSSR count). The van der Waals surface area contributed by atoms with Crippen LogP contribution in [0.4, 0.5) is 11.6 Å². The number of ketones is 1. The number of ether oxygens (including phenoxy) is 1. The van der Waals surface area contributed by atoms with Crippen LogP contribution in [0.25, 0.3) is 33.6 Å². The molecule has 16 nitrogen and oxygen atoms in total. The quantitative estimate of drug-likeness (QED) is 0.0913. The first kappa shape index (κ1) is 57.0. The van der Waals surface area contributed by atoms with E-state index < -0.39 is 5.41 Å². The number of pyridine rings is 2. The number of carbonyl (C=O) groups is 3. The summed E-state index contributed by atoms with van der Waals surface area (Å²) in [6.07, 6.45) is 3.43. The van der Waals surface area contributed by atoms with Gasteiger partial charge in [-0.15, -0.1) is 22.7 Å². The molecule has 20 heteroatoms. The molecule has 80 heavy (non-hydrogen) atoms. The van der Waals surface area contributed by atoms with E-state index in [2.05, 4.69) is 27.3 Å². The van der Waals surface area contributed by atoms with Crippen LogP contribution in [0.15, 0.2) is 162 Å². The summed E-state index contributed by atoms with van der Waals surface area (Å²) in [5, 5.41) is 12.8. The van der Waals surface area contributed by atoms with Crippen LogP contribution in [0.3, 0.4) is 0 Å². The van der Waals surface area contributed by atoms with Crippen molar-refractivity contribution in [3.8, 4) is 39.4 Å². The van der Waals surface area contributed by atoms with E-state index >= 15 is 0 Å². The number of likely N-dealkylation sites (N-methyl/N-ethyl adjacent to an activating group) is 1. The molecular weight excluding hydrogens is 1090 g/mol. The zero-order valence-electron chi connectivity index (χ0n) is 45.1. The van der Waals surface area contributed by atoms with Gasteiger partial charge in [0.2, 0.25) is 0 Å². The van der Waals surface area contributed by atoms with Crippen molar-refractivity contribution in [1.29, 1.82) is 0 Å². The SMILES string of the molecule is CN(Cc1ccc(Cl)s1)c1cc(-c2ccc(=O)n(CC(=O)c3ccccc3)c2)nn1C(=O)C(C)(C)C.COc1c(-c2cc(-c3ccccc3)c(=O)n(CN3CCN(C)CC3)c2)nn(C(=O)c2ccccc2)c1NCc1ccc(Cl)s1. The highest BCUT2D eigenvalue weighted by molar-refractivity contribution is 7.16. The number of benzene rings is 3. The average Bonchev–Trinajstić information content (AvgIpc) is 4.33. The van der Waals surface area contributed by atoms with Gasteiger partial charge in [-0.05, 0) is 61.1 Å². The molecule has 9 aromatic rings. The van der Waals surface area contributed by atoms with E-state index in [-0.39, 0.29) is 35.3 Å². The highest BCUT2D eigenvalue weighted by Gasteiger charge is 2.30. The molecule has 0 aliphatic carbocycles. The molecular formula is C60H60Cl2N10O6S2. The van der Waals surface area contributed by atoms with E-state index in [4.69, 9.17) is 33.0 Å². The molecule has 1 saturated heterocycles. The fourth-order valence-corrected chi connectivity index (χ4v) is 11.2. The van der Waals surface area contributed by atoms with Crippen LogP contribution in [0.5, 0.6) is 5.75 Å². The Kier molecular flexibility index (Phi) is 17.9. The minimum absolute atomic E-state index is 0.0921. The topological polar surface area (TPSA) is 162 Å². The lowest BCUT2D eigenvalue weighted by Crippen LogP contribution is -2.46. The Balaban J connectivity index is 0.000000198. The van der Waals surface area contributed by atoms with Crippen LogP contribution in [-0.4, -0.2) is 103 Å². The molecule has 0 atom stereocenters. The predicted octanol–water partition coefficient (Wildman–Crippen LogP) is 11.2. The second-order valence-electron chi connectivity index (χ2n) is 20.3. The van der Waals surface area contributed by atoms with Crippen molar-refractivity contribution >= 4 is 75.1 Å². The lowest BCUT2D eigenvalue weighted by atomic mass is 9.96. The number of nitrogens with one attached hydrogen (secondary N) is 1. The molecule has 1 aliphatic rings. The summed E-state index contributed by atoms with van der Waals surface area (Å²) in [5.74, 6) is 0.800. The van der Waals surface area contributed by atoms with Gasteiger partial charge in [0.25, 0.3) is 22.9 Å². The van der Waals surface area contributed by atoms with Gasteiger partial charge in [-0.3, -0.25) is 28.9 Å². The number of thiophene rings is 2. The number of carbonyl (C=O) groups excluding carboxylic acids is 3. The zero-order valence-corrected chi connectivity index (χ0v) is 48.3.